The summed E-state index contributed by atoms with van der Waals surface area (Å²) in [6.07, 6.45) is -1.46. The van der Waals surface area contributed by atoms with Gasteiger partial charge in [0.1, 0.15) is 12.2 Å². The number of hydrogen-bond acceptors (Lipinski definition) is 6. The molecule has 0 spiro atoms. The molecular weight excluding hydrogens is 434 g/mol. The summed E-state index contributed by atoms with van der Waals surface area (Å²) >= 11 is 0. The van der Waals surface area contributed by atoms with E-state index in [1.165, 1.54) is 38.4 Å². The Kier molecular flexibility index (Phi) is 4.96. The van der Waals surface area contributed by atoms with E-state index >= 15 is 0 Å². The molecule has 0 aliphatic carbocycles. The normalized spacial score (nSPS) is 22.9. The van der Waals surface area contributed by atoms with Crippen molar-refractivity contribution < 1.29 is 14.9 Å². The van der Waals surface area contributed by atoms with Gasteiger partial charge in [0.15, 0.2) is 6.23 Å². The van der Waals surface area contributed by atoms with Gasteiger partial charge in [-0.1, -0.05) is 54.6 Å². The quantitative estimate of drug-likeness (QED) is 0.299. The van der Waals surface area contributed by atoms with E-state index in [0.29, 0.717) is 6.54 Å². The fraction of sp³-hybridized carbons (Fsp3) is 0.231. The molecule has 2 heterocycles. The zero-order valence-electron chi connectivity index (χ0n) is 18.1. The van der Waals surface area contributed by atoms with Crippen LogP contribution in [-0.4, -0.2) is 44.6 Å². The predicted octanol–water partition coefficient (Wildman–Crippen LogP) is 1.84. The summed E-state index contributed by atoms with van der Waals surface area (Å²) in [7, 11) is 0. The van der Waals surface area contributed by atoms with Crippen molar-refractivity contribution >= 4 is 32.3 Å². The lowest BCUT2D eigenvalue weighted by Crippen LogP contribution is -2.46. The molecule has 1 saturated heterocycles. The highest BCUT2D eigenvalue weighted by molar-refractivity contribution is 6.23. The molecule has 8 nitrogen and oxygen atoms in total. The number of aliphatic hydroxyl groups is 2. The maximum atomic E-state index is 12.4. The van der Waals surface area contributed by atoms with Gasteiger partial charge < -0.3 is 20.3 Å². The highest BCUT2D eigenvalue weighted by Gasteiger charge is 2.44. The Bertz CT molecular complexity index is 1610. The molecule has 4 aromatic carbocycles. The monoisotopic (exact) mass is 457 g/mol. The second kappa shape index (κ2) is 8.03. The van der Waals surface area contributed by atoms with Gasteiger partial charge in [0.05, 0.1) is 12.6 Å². The van der Waals surface area contributed by atoms with Crippen LogP contribution in [0.1, 0.15) is 11.8 Å². The first-order chi connectivity index (χ1) is 16.5. The van der Waals surface area contributed by atoms with E-state index in [1.807, 2.05) is 0 Å². The van der Waals surface area contributed by atoms with E-state index < -0.39 is 42.3 Å². The van der Waals surface area contributed by atoms with Gasteiger partial charge in [-0.05, 0) is 37.9 Å². The van der Waals surface area contributed by atoms with Crippen molar-refractivity contribution in [3.8, 4) is 0 Å². The highest BCUT2D eigenvalue weighted by Crippen LogP contribution is 2.36. The summed E-state index contributed by atoms with van der Waals surface area (Å²) in [4.78, 5) is 26.1. The van der Waals surface area contributed by atoms with Crippen LogP contribution < -0.4 is 16.6 Å². The zero-order chi connectivity index (χ0) is 23.4. The van der Waals surface area contributed by atoms with E-state index in [9.17, 15) is 19.8 Å². The van der Waals surface area contributed by atoms with Crippen LogP contribution in [0, 0.1) is 0 Å². The van der Waals surface area contributed by atoms with Crippen molar-refractivity contribution in [2.24, 2.45) is 0 Å². The standard InChI is InChI=1S/C26H23N3O5/c30-13-19-24(32)23(25(34-19)29-11-10-20(31)28-26(29)33)27-12-17-7-6-16-5-4-14-2-1-3-15-8-9-18(17)22(16)21(14)15/h1-11,19,23-25,27,30,32H,12-13H2,(H,28,31,33)/t19-,23-,24-,25-/m1/s1. The van der Waals surface area contributed by atoms with Crippen LogP contribution >= 0.6 is 0 Å². The number of ether oxygens (including phenoxy) is 1. The van der Waals surface area contributed by atoms with Crippen LogP contribution in [0.2, 0.25) is 0 Å². The Morgan fingerprint density at radius 2 is 1.65 bits per heavy atom. The molecule has 6 rings (SSSR count). The Labute approximate surface area is 193 Å². The Morgan fingerprint density at radius 1 is 0.941 bits per heavy atom. The molecule has 5 aromatic rings. The molecule has 1 aromatic heterocycles. The van der Waals surface area contributed by atoms with Crippen LogP contribution in [0.25, 0.3) is 32.3 Å². The van der Waals surface area contributed by atoms with Crippen molar-refractivity contribution in [2.75, 3.05) is 6.61 Å². The number of aromatic nitrogens is 2. The summed E-state index contributed by atoms with van der Waals surface area (Å²) in [5.74, 6) is 0. The molecular formula is C26H23N3O5. The smallest absolute Gasteiger partial charge is 0.330 e. The van der Waals surface area contributed by atoms with Gasteiger partial charge in [0.25, 0.3) is 5.56 Å². The van der Waals surface area contributed by atoms with Gasteiger partial charge in [0, 0.05) is 18.8 Å². The van der Waals surface area contributed by atoms with Gasteiger partial charge in [-0.25, -0.2) is 4.79 Å². The lowest BCUT2D eigenvalue weighted by Gasteiger charge is -2.23. The molecule has 34 heavy (non-hydrogen) atoms. The second-order valence-electron chi connectivity index (χ2n) is 8.74. The number of H-pyrrole nitrogens is 1. The fourth-order valence-electron chi connectivity index (χ4n) is 5.16. The molecule has 0 unspecified atom stereocenters. The summed E-state index contributed by atoms with van der Waals surface area (Å²) in [6, 6.07) is 19.5. The van der Waals surface area contributed by atoms with Crippen LogP contribution in [0.15, 0.2) is 76.4 Å². The van der Waals surface area contributed by atoms with Crippen LogP contribution in [0.3, 0.4) is 0 Å². The van der Waals surface area contributed by atoms with Crippen LogP contribution in [0.4, 0.5) is 0 Å². The molecule has 0 radical (unpaired) electrons. The van der Waals surface area contributed by atoms with Crippen molar-refractivity contribution in [1.29, 1.82) is 0 Å². The molecule has 1 aliphatic heterocycles. The largest absolute Gasteiger partial charge is 0.394 e. The first-order valence-electron chi connectivity index (χ1n) is 11.2. The molecule has 1 aliphatic rings. The minimum atomic E-state index is -1.05. The molecule has 172 valence electrons. The van der Waals surface area contributed by atoms with E-state index in [0.717, 1.165) is 16.3 Å². The average Bonchev–Trinajstić information content (AvgIpc) is 3.16. The van der Waals surface area contributed by atoms with Crippen LogP contribution in [-0.2, 0) is 11.3 Å². The maximum absolute atomic E-state index is 12.4. The molecule has 4 N–H and O–H groups in total. The SMILES string of the molecule is O=c1ccn([C@@H]2O[C@H](CO)[C@@H](O)[C@H]2NCc2ccc3ccc4cccc5ccc2c3c45)c(=O)[nH]1. The Balaban J connectivity index is 1.38. The summed E-state index contributed by atoms with van der Waals surface area (Å²) in [5, 5.41) is 30.9. The number of benzene rings is 4. The third kappa shape index (κ3) is 3.23. The lowest BCUT2D eigenvalue weighted by atomic mass is 9.92. The minimum Gasteiger partial charge on any atom is -0.394 e. The van der Waals surface area contributed by atoms with E-state index in [2.05, 4.69) is 64.9 Å². The van der Waals surface area contributed by atoms with Gasteiger partial charge in [-0.15, -0.1) is 0 Å². The number of aliphatic hydroxyl groups excluding tert-OH is 2. The first-order valence-corrected chi connectivity index (χ1v) is 11.2. The topological polar surface area (TPSA) is 117 Å². The number of nitrogens with zero attached hydrogens (tertiary/aromatic N) is 1. The maximum Gasteiger partial charge on any atom is 0.330 e. The van der Waals surface area contributed by atoms with E-state index in [4.69, 9.17) is 4.74 Å². The molecule has 8 heteroatoms. The molecule has 0 bridgehead atoms. The van der Waals surface area contributed by atoms with E-state index in [1.54, 1.807) is 0 Å². The summed E-state index contributed by atoms with van der Waals surface area (Å²) in [5.41, 5.74) is -0.118. The molecule has 1 fully saturated rings. The summed E-state index contributed by atoms with van der Waals surface area (Å²) < 4.78 is 7.01. The second-order valence-corrected chi connectivity index (χ2v) is 8.74. The average molecular weight is 457 g/mol. The zero-order valence-corrected chi connectivity index (χ0v) is 18.1. The van der Waals surface area contributed by atoms with Gasteiger partial charge in [0.2, 0.25) is 0 Å². The van der Waals surface area contributed by atoms with Crippen LogP contribution in [0.5, 0.6) is 0 Å². The van der Waals surface area contributed by atoms with Gasteiger partial charge in [-0.2, -0.15) is 0 Å². The lowest BCUT2D eigenvalue weighted by molar-refractivity contribution is -0.0470. The fourth-order valence-corrected chi connectivity index (χ4v) is 5.16. The van der Waals surface area contributed by atoms with Crippen molar-refractivity contribution in [3.63, 3.8) is 0 Å². The number of hydrogen-bond donors (Lipinski definition) is 4. The Hall–Kier alpha value is -3.56. The minimum absolute atomic E-state index is 0.396. The van der Waals surface area contributed by atoms with Crippen molar-refractivity contribution in [2.45, 2.75) is 31.0 Å². The van der Waals surface area contributed by atoms with Crippen molar-refractivity contribution in [1.82, 2.24) is 14.9 Å². The number of nitrogens with one attached hydrogen (secondary N) is 2. The molecule has 4 atom stereocenters. The third-order valence-electron chi connectivity index (χ3n) is 6.82. The summed E-state index contributed by atoms with van der Waals surface area (Å²) in [6.45, 7) is 0.0126. The number of aromatic amines is 1. The van der Waals surface area contributed by atoms with E-state index in [-0.39, 0.29) is 0 Å². The third-order valence-corrected chi connectivity index (χ3v) is 6.82. The molecule has 0 amide bonds. The van der Waals surface area contributed by atoms with Gasteiger partial charge >= 0.3 is 5.69 Å². The Morgan fingerprint density at radius 3 is 2.38 bits per heavy atom. The predicted molar refractivity (Wildman–Crippen MR) is 129 cm³/mol. The van der Waals surface area contributed by atoms with Gasteiger partial charge in [-0.3, -0.25) is 14.3 Å². The first kappa shape index (κ1) is 21.0. The molecule has 0 saturated carbocycles. The highest BCUT2D eigenvalue weighted by atomic mass is 16.5. The van der Waals surface area contributed by atoms with Crippen molar-refractivity contribution in [3.05, 3.63) is 93.3 Å². The number of rotatable bonds is 5.